The summed E-state index contributed by atoms with van der Waals surface area (Å²) in [6.07, 6.45) is 0. The predicted octanol–water partition coefficient (Wildman–Crippen LogP) is 2.96. The van der Waals surface area contributed by atoms with Crippen molar-refractivity contribution in [2.24, 2.45) is 0 Å². The smallest absolute Gasteiger partial charge is 0.263 e. The maximum Gasteiger partial charge on any atom is 0.263 e. The van der Waals surface area contributed by atoms with E-state index >= 15 is 0 Å². The Bertz CT molecular complexity index is 898. The van der Waals surface area contributed by atoms with Gasteiger partial charge < -0.3 is 5.73 Å². The molecule has 9 heteroatoms. The first-order valence-electron chi connectivity index (χ1n) is 6.20. The van der Waals surface area contributed by atoms with E-state index in [1.54, 1.807) is 35.0 Å². The zero-order chi connectivity index (χ0) is 15.7. The van der Waals surface area contributed by atoms with E-state index in [1.165, 1.54) is 22.7 Å². The summed E-state index contributed by atoms with van der Waals surface area (Å²) in [6.45, 7) is 1.90. The number of sulfonamides is 1. The van der Waals surface area contributed by atoms with Gasteiger partial charge in [0.2, 0.25) is 0 Å². The summed E-state index contributed by atoms with van der Waals surface area (Å²) >= 11 is 2.51. The molecule has 3 aromatic rings. The van der Waals surface area contributed by atoms with Crippen molar-refractivity contribution in [2.45, 2.75) is 11.8 Å². The first kappa shape index (κ1) is 14.9. The van der Waals surface area contributed by atoms with Crippen LogP contribution in [0.5, 0.6) is 0 Å². The second-order valence-corrected chi connectivity index (χ2v) is 7.96. The average molecular weight is 352 g/mol. The van der Waals surface area contributed by atoms with Gasteiger partial charge >= 0.3 is 0 Å². The van der Waals surface area contributed by atoms with Crippen LogP contribution in [-0.4, -0.2) is 18.4 Å². The zero-order valence-corrected chi connectivity index (χ0v) is 13.9. The van der Waals surface area contributed by atoms with Gasteiger partial charge in [-0.3, -0.25) is 4.72 Å². The van der Waals surface area contributed by atoms with Crippen molar-refractivity contribution >= 4 is 43.0 Å². The molecule has 0 spiro atoms. The summed E-state index contributed by atoms with van der Waals surface area (Å²) in [5, 5.41) is 4.26. The average Bonchev–Trinajstić information content (AvgIpc) is 3.08. The van der Waals surface area contributed by atoms with Gasteiger partial charge in [-0.2, -0.15) is 0 Å². The van der Waals surface area contributed by atoms with Gasteiger partial charge in [0.1, 0.15) is 11.4 Å². The Balaban J connectivity index is 1.84. The molecule has 6 nitrogen and oxygen atoms in total. The summed E-state index contributed by atoms with van der Waals surface area (Å²) in [6, 6.07) is 6.63. The van der Waals surface area contributed by atoms with Crippen LogP contribution in [0.2, 0.25) is 0 Å². The fourth-order valence-electron chi connectivity index (χ4n) is 1.73. The molecule has 0 bridgehead atoms. The van der Waals surface area contributed by atoms with Crippen molar-refractivity contribution in [2.75, 3.05) is 10.5 Å². The predicted molar refractivity (Wildman–Crippen MR) is 89.6 cm³/mol. The van der Waals surface area contributed by atoms with Gasteiger partial charge in [-0.25, -0.2) is 18.4 Å². The molecule has 0 aliphatic heterocycles. The lowest BCUT2D eigenvalue weighted by Gasteiger charge is -2.05. The molecule has 0 aliphatic rings. The normalized spacial score (nSPS) is 11.5. The van der Waals surface area contributed by atoms with Crippen LogP contribution in [0.25, 0.3) is 11.4 Å². The Labute approximate surface area is 135 Å². The van der Waals surface area contributed by atoms with Gasteiger partial charge in [0, 0.05) is 10.8 Å². The van der Waals surface area contributed by atoms with Crippen LogP contribution in [0.4, 0.5) is 10.3 Å². The molecule has 0 radical (unpaired) electrons. The number of anilines is 2. The van der Waals surface area contributed by atoms with Crippen LogP contribution in [0.1, 0.15) is 5.56 Å². The lowest BCUT2D eigenvalue weighted by molar-refractivity contribution is 0.601. The van der Waals surface area contributed by atoms with Crippen LogP contribution in [0.15, 0.2) is 39.9 Å². The monoisotopic (exact) mass is 352 g/mol. The third-order valence-electron chi connectivity index (χ3n) is 2.84. The Morgan fingerprint density at radius 3 is 2.32 bits per heavy atom. The summed E-state index contributed by atoms with van der Waals surface area (Å²) in [5.74, 6) is 0. The molecule has 3 N–H and O–H groups in total. The van der Waals surface area contributed by atoms with E-state index in [9.17, 15) is 8.42 Å². The van der Waals surface area contributed by atoms with Crippen LogP contribution >= 0.6 is 22.7 Å². The van der Waals surface area contributed by atoms with Crippen LogP contribution in [0, 0.1) is 6.92 Å². The maximum atomic E-state index is 12.3. The van der Waals surface area contributed by atoms with E-state index in [1.807, 2.05) is 6.92 Å². The minimum Gasteiger partial charge on any atom is -0.375 e. The maximum absolute atomic E-state index is 12.3. The van der Waals surface area contributed by atoms with Gasteiger partial charge in [0.15, 0.2) is 10.3 Å². The van der Waals surface area contributed by atoms with Crippen molar-refractivity contribution in [3.63, 3.8) is 0 Å². The number of aromatic nitrogens is 2. The fraction of sp³-hybridized carbons (Fsp3) is 0.0769. The molecule has 0 aliphatic carbocycles. The molecule has 0 amide bonds. The van der Waals surface area contributed by atoms with Gasteiger partial charge in [0.05, 0.1) is 4.90 Å². The number of nitrogen functional groups attached to an aromatic ring is 1. The number of rotatable bonds is 4. The molecule has 1 aromatic carbocycles. The van der Waals surface area contributed by atoms with Crippen molar-refractivity contribution < 1.29 is 8.42 Å². The Kier molecular flexibility index (Phi) is 3.85. The van der Waals surface area contributed by atoms with E-state index in [2.05, 4.69) is 14.7 Å². The molecule has 0 saturated heterocycles. The van der Waals surface area contributed by atoms with E-state index < -0.39 is 10.0 Å². The molecule has 22 heavy (non-hydrogen) atoms. The number of hydrogen-bond acceptors (Lipinski definition) is 7. The van der Waals surface area contributed by atoms with E-state index in [-0.39, 0.29) is 4.90 Å². The molecule has 2 heterocycles. The number of hydrogen-bond donors (Lipinski definition) is 2. The molecule has 0 fully saturated rings. The molecule has 2 aromatic heterocycles. The summed E-state index contributed by atoms with van der Waals surface area (Å²) in [4.78, 5) is 8.56. The van der Waals surface area contributed by atoms with Gasteiger partial charge in [-0.1, -0.05) is 17.7 Å². The zero-order valence-electron chi connectivity index (χ0n) is 11.5. The highest BCUT2D eigenvalue weighted by Crippen LogP contribution is 2.28. The van der Waals surface area contributed by atoms with Crippen LogP contribution < -0.4 is 10.5 Å². The van der Waals surface area contributed by atoms with Crippen molar-refractivity contribution in [1.82, 2.24) is 9.97 Å². The van der Waals surface area contributed by atoms with E-state index in [0.717, 1.165) is 5.56 Å². The highest BCUT2D eigenvalue weighted by Gasteiger charge is 2.16. The highest BCUT2D eigenvalue weighted by atomic mass is 32.2. The van der Waals surface area contributed by atoms with E-state index in [4.69, 9.17) is 5.73 Å². The van der Waals surface area contributed by atoms with E-state index in [0.29, 0.717) is 21.7 Å². The molecule has 3 rings (SSSR count). The minimum absolute atomic E-state index is 0.202. The standard InChI is InChI=1S/C13H12N4O2S3/c1-8-2-4-9(5-3-8)22(18,19)17-13-16-11(7-21-13)10-6-20-12(14)15-10/h2-7H,1H3,(H2,14,15)(H,16,17). The highest BCUT2D eigenvalue weighted by molar-refractivity contribution is 7.93. The fourth-order valence-corrected chi connectivity index (χ4v) is 4.25. The second-order valence-electron chi connectivity index (χ2n) is 4.53. The molecule has 0 unspecified atom stereocenters. The summed E-state index contributed by atoms with van der Waals surface area (Å²) < 4.78 is 27.0. The number of benzene rings is 1. The van der Waals surface area contributed by atoms with Gasteiger partial charge in [-0.15, -0.1) is 22.7 Å². The molecule has 114 valence electrons. The molecular formula is C13H12N4O2S3. The van der Waals surface area contributed by atoms with Crippen molar-refractivity contribution in [3.8, 4) is 11.4 Å². The number of thiazole rings is 2. The number of aryl methyl sites for hydroxylation is 1. The minimum atomic E-state index is -3.64. The molecule has 0 atom stereocenters. The number of nitrogens with two attached hydrogens (primary N) is 1. The number of nitrogens with one attached hydrogen (secondary N) is 1. The Morgan fingerprint density at radius 1 is 1.05 bits per heavy atom. The van der Waals surface area contributed by atoms with Crippen molar-refractivity contribution in [3.05, 3.63) is 40.6 Å². The SMILES string of the molecule is Cc1ccc(S(=O)(=O)Nc2nc(-c3csc(N)n3)cs2)cc1. The van der Waals surface area contributed by atoms with Crippen LogP contribution in [-0.2, 0) is 10.0 Å². The largest absolute Gasteiger partial charge is 0.375 e. The summed E-state index contributed by atoms with van der Waals surface area (Å²) in [7, 11) is -3.64. The quantitative estimate of drug-likeness (QED) is 0.752. The number of nitrogens with zero attached hydrogens (tertiary/aromatic N) is 2. The molecule has 0 saturated carbocycles. The lowest BCUT2D eigenvalue weighted by Crippen LogP contribution is -2.12. The van der Waals surface area contributed by atoms with Crippen LogP contribution in [0.3, 0.4) is 0 Å². The van der Waals surface area contributed by atoms with Crippen molar-refractivity contribution in [1.29, 1.82) is 0 Å². The third kappa shape index (κ3) is 3.11. The van der Waals surface area contributed by atoms with Gasteiger partial charge in [0.25, 0.3) is 10.0 Å². The topological polar surface area (TPSA) is 98.0 Å². The first-order valence-corrected chi connectivity index (χ1v) is 9.45. The Hall–Kier alpha value is -1.97. The lowest BCUT2D eigenvalue weighted by atomic mass is 10.2. The summed E-state index contributed by atoms with van der Waals surface area (Å²) in [5.41, 5.74) is 7.82. The second kappa shape index (κ2) is 5.67. The first-order chi connectivity index (χ1) is 10.4. The molecular weight excluding hydrogens is 340 g/mol. The van der Waals surface area contributed by atoms with Gasteiger partial charge in [-0.05, 0) is 19.1 Å². The Morgan fingerprint density at radius 2 is 1.68 bits per heavy atom. The third-order valence-corrected chi connectivity index (χ3v) is 5.76.